The van der Waals surface area contributed by atoms with Crippen LogP contribution in [0, 0.1) is 12.3 Å². The van der Waals surface area contributed by atoms with Crippen LogP contribution in [0.15, 0.2) is 34.6 Å². The Kier molecular flexibility index (Phi) is 2.91. The van der Waals surface area contributed by atoms with Gasteiger partial charge in [-0.25, -0.2) is 4.98 Å². The Hall–Kier alpha value is -1.82. The van der Waals surface area contributed by atoms with Crippen LogP contribution >= 0.6 is 11.8 Å². The number of benzene rings is 1. The molecule has 6 heteroatoms. The highest BCUT2D eigenvalue weighted by Gasteiger charge is 2.05. The third-order valence-corrected chi connectivity index (χ3v) is 3.15. The molecule has 0 unspecified atom stereocenters. The fourth-order valence-corrected chi connectivity index (χ4v) is 2.04. The van der Waals surface area contributed by atoms with E-state index in [0.29, 0.717) is 0 Å². The van der Waals surface area contributed by atoms with Crippen molar-refractivity contribution in [2.75, 3.05) is 0 Å². The van der Waals surface area contributed by atoms with E-state index in [0.717, 1.165) is 21.2 Å². The van der Waals surface area contributed by atoms with Crippen LogP contribution in [-0.4, -0.2) is 21.0 Å². The minimum atomic E-state index is 0.0827. The third kappa shape index (κ3) is 2.22. The van der Waals surface area contributed by atoms with Gasteiger partial charge in [0.1, 0.15) is 12.2 Å². The molecule has 0 radical (unpaired) electrons. The van der Waals surface area contributed by atoms with Gasteiger partial charge >= 0.3 is 0 Å². The number of H-pyrrole nitrogens is 1. The summed E-state index contributed by atoms with van der Waals surface area (Å²) in [4.78, 5) is 5.11. The Morgan fingerprint density at radius 2 is 2.31 bits per heavy atom. The molecule has 0 aliphatic rings. The maximum absolute atomic E-state index is 7.34. The lowest BCUT2D eigenvalue weighted by Gasteiger charge is -2.05. The van der Waals surface area contributed by atoms with Gasteiger partial charge in [0.2, 0.25) is 0 Å². The van der Waals surface area contributed by atoms with Crippen molar-refractivity contribution in [2.24, 2.45) is 5.73 Å². The number of nitrogens with one attached hydrogen (secondary N) is 2. The van der Waals surface area contributed by atoms with Crippen molar-refractivity contribution in [1.29, 1.82) is 5.41 Å². The monoisotopic (exact) mass is 233 g/mol. The predicted octanol–water partition coefficient (Wildman–Crippen LogP) is 1.55. The number of hydrogen-bond donors (Lipinski definition) is 3. The maximum Gasteiger partial charge on any atom is 0.188 e. The molecule has 4 N–H and O–H groups in total. The second-order valence-corrected chi connectivity index (χ2v) is 4.32. The highest BCUT2D eigenvalue weighted by atomic mass is 32.2. The highest BCUT2D eigenvalue weighted by Crippen LogP contribution is 2.27. The average Bonchev–Trinajstić information content (AvgIpc) is 2.73. The first kappa shape index (κ1) is 10.7. The van der Waals surface area contributed by atoms with Crippen LogP contribution in [0.3, 0.4) is 0 Å². The number of amidine groups is 1. The number of rotatable bonds is 3. The molecule has 5 nitrogen and oxygen atoms in total. The molecule has 0 saturated heterocycles. The molecule has 0 atom stereocenters. The second kappa shape index (κ2) is 4.36. The number of nitrogens with two attached hydrogens (primary N) is 1. The van der Waals surface area contributed by atoms with Crippen molar-refractivity contribution < 1.29 is 0 Å². The lowest BCUT2D eigenvalue weighted by Crippen LogP contribution is -2.10. The molecular weight excluding hydrogens is 222 g/mol. The lowest BCUT2D eigenvalue weighted by molar-refractivity contribution is 0.972. The van der Waals surface area contributed by atoms with Gasteiger partial charge in [0.15, 0.2) is 5.16 Å². The zero-order valence-corrected chi connectivity index (χ0v) is 9.51. The summed E-state index contributed by atoms with van der Waals surface area (Å²) in [5.74, 6) is 0.0827. The number of aromatic amines is 1. The number of aromatic nitrogens is 3. The molecule has 0 spiro atoms. The van der Waals surface area contributed by atoms with Gasteiger partial charge in [-0.1, -0.05) is 17.8 Å². The fraction of sp³-hybridized carbons (Fsp3) is 0.100. The van der Waals surface area contributed by atoms with Gasteiger partial charge in [-0.15, -0.1) is 0 Å². The SMILES string of the molecule is Cc1cc(C(=N)N)ccc1Sc1ncn[nH]1. The summed E-state index contributed by atoms with van der Waals surface area (Å²) < 4.78 is 0. The van der Waals surface area contributed by atoms with E-state index < -0.39 is 0 Å². The van der Waals surface area contributed by atoms with Gasteiger partial charge in [0.05, 0.1) is 0 Å². The van der Waals surface area contributed by atoms with Crippen molar-refractivity contribution in [3.8, 4) is 0 Å². The van der Waals surface area contributed by atoms with Crippen LogP contribution in [0.2, 0.25) is 0 Å². The normalized spacial score (nSPS) is 10.3. The van der Waals surface area contributed by atoms with E-state index in [1.165, 1.54) is 18.1 Å². The van der Waals surface area contributed by atoms with Gasteiger partial charge in [-0.05, 0) is 24.6 Å². The zero-order chi connectivity index (χ0) is 11.5. The Bertz CT molecular complexity index is 506. The average molecular weight is 233 g/mol. The molecule has 0 saturated carbocycles. The molecular formula is C10H11N5S. The maximum atomic E-state index is 7.34. The molecule has 1 heterocycles. The molecule has 0 amide bonds. The topological polar surface area (TPSA) is 91.4 Å². The van der Waals surface area contributed by atoms with E-state index in [4.69, 9.17) is 11.1 Å². The molecule has 1 aromatic heterocycles. The zero-order valence-electron chi connectivity index (χ0n) is 8.69. The Balaban J connectivity index is 2.26. The number of nitrogen functional groups attached to an aromatic ring is 1. The second-order valence-electron chi connectivity index (χ2n) is 3.29. The summed E-state index contributed by atoms with van der Waals surface area (Å²) in [6.07, 6.45) is 1.47. The standard InChI is InChI=1S/C10H11N5S/c1-6-4-7(9(11)12)2-3-8(6)16-10-13-5-14-15-10/h2-5H,1H3,(H3,11,12)(H,13,14,15). The van der Waals surface area contributed by atoms with Gasteiger partial charge in [0.25, 0.3) is 0 Å². The summed E-state index contributed by atoms with van der Waals surface area (Å²) in [5, 5.41) is 14.7. The third-order valence-electron chi connectivity index (χ3n) is 2.09. The summed E-state index contributed by atoms with van der Waals surface area (Å²) in [5.41, 5.74) is 7.22. The summed E-state index contributed by atoms with van der Waals surface area (Å²) in [7, 11) is 0. The van der Waals surface area contributed by atoms with Gasteiger partial charge in [0, 0.05) is 10.5 Å². The van der Waals surface area contributed by atoms with Crippen molar-refractivity contribution >= 4 is 17.6 Å². The minimum absolute atomic E-state index is 0.0827. The molecule has 2 aromatic rings. The number of aryl methyl sites for hydroxylation is 1. The van der Waals surface area contributed by atoms with Crippen LogP contribution in [0.4, 0.5) is 0 Å². The fourth-order valence-electron chi connectivity index (χ4n) is 1.28. The van der Waals surface area contributed by atoms with Gasteiger partial charge < -0.3 is 5.73 Å². The van der Waals surface area contributed by atoms with E-state index in [2.05, 4.69) is 15.2 Å². The molecule has 82 valence electrons. The van der Waals surface area contributed by atoms with E-state index >= 15 is 0 Å². The van der Waals surface area contributed by atoms with Crippen LogP contribution in [0.5, 0.6) is 0 Å². The first-order valence-electron chi connectivity index (χ1n) is 4.65. The van der Waals surface area contributed by atoms with Crippen molar-refractivity contribution in [3.63, 3.8) is 0 Å². The van der Waals surface area contributed by atoms with Gasteiger partial charge in [-0.3, -0.25) is 10.5 Å². The smallest absolute Gasteiger partial charge is 0.188 e. The molecule has 16 heavy (non-hydrogen) atoms. The van der Waals surface area contributed by atoms with Crippen LogP contribution in [-0.2, 0) is 0 Å². The molecule has 0 aliphatic carbocycles. The molecule has 0 fully saturated rings. The summed E-state index contributed by atoms with van der Waals surface area (Å²) in [6.45, 7) is 1.98. The molecule has 0 bridgehead atoms. The van der Waals surface area contributed by atoms with Crippen LogP contribution in [0.1, 0.15) is 11.1 Å². The summed E-state index contributed by atoms with van der Waals surface area (Å²) in [6, 6.07) is 5.65. The largest absolute Gasteiger partial charge is 0.384 e. The highest BCUT2D eigenvalue weighted by molar-refractivity contribution is 7.99. The summed E-state index contributed by atoms with van der Waals surface area (Å²) >= 11 is 1.50. The van der Waals surface area contributed by atoms with E-state index in [1.807, 2.05) is 25.1 Å². The minimum Gasteiger partial charge on any atom is -0.384 e. The molecule has 0 aliphatic heterocycles. The lowest BCUT2D eigenvalue weighted by atomic mass is 10.1. The number of nitrogens with zero attached hydrogens (tertiary/aromatic N) is 2. The first-order chi connectivity index (χ1) is 7.66. The molecule has 1 aromatic carbocycles. The predicted molar refractivity (Wildman–Crippen MR) is 62.7 cm³/mol. The first-order valence-corrected chi connectivity index (χ1v) is 5.47. The Morgan fingerprint density at radius 1 is 1.50 bits per heavy atom. The van der Waals surface area contributed by atoms with Crippen LogP contribution in [0.25, 0.3) is 0 Å². The van der Waals surface area contributed by atoms with Crippen molar-refractivity contribution in [1.82, 2.24) is 15.2 Å². The van der Waals surface area contributed by atoms with E-state index in [1.54, 1.807) is 0 Å². The van der Waals surface area contributed by atoms with E-state index in [-0.39, 0.29) is 5.84 Å². The van der Waals surface area contributed by atoms with Crippen molar-refractivity contribution in [2.45, 2.75) is 17.0 Å². The van der Waals surface area contributed by atoms with Crippen LogP contribution < -0.4 is 5.73 Å². The molecule has 2 rings (SSSR count). The quantitative estimate of drug-likeness (QED) is 0.554. The Labute approximate surface area is 97.0 Å². The Morgan fingerprint density at radius 3 is 2.88 bits per heavy atom. The van der Waals surface area contributed by atoms with E-state index in [9.17, 15) is 0 Å². The van der Waals surface area contributed by atoms with Gasteiger partial charge in [-0.2, -0.15) is 5.10 Å². The number of hydrogen-bond acceptors (Lipinski definition) is 4. The van der Waals surface area contributed by atoms with Crippen molar-refractivity contribution in [3.05, 3.63) is 35.7 Å².